The van der Waals surface area contributed by atoms with Gasteiger partial charge in [-0.2, -0.15) is 22.3 Å². The fourth-order valence-electron chi connectivity index (χ4n) is 2.12. The van der Waals surface area contributed by atoms with Crippen LogP contribution in [-0.4, -0.2) is 33.2 Å². The molecule has 1 aromatic carbocycles. The van der Waals surface area contributed by atoms with Gasteiger partial charge in [0.15, 0.2) is 0 Å². The number of hydrogen-bond acceptors (Lipinski definition) is 3. The average Bonchev–Trinajstić information content (AvgIpc) is 2.91. The molecule has 0 spiro atoms. The van der Waals surface area contributed by atoms with Gasteiger partial charge in [0.05, 0.1) is 0 Å². The SMILES string of the molecule is C#CC(=O)O.C#CC(=O)O.C#CC(=O)O.Cc1cc2c([c-]1C)CCCC2.[Ti]. The molecule has 0 unspecified atom stereocenters. The maximum Gasteiger partial charge on any atom is 0.381 e. The molecule has 142 valence electrons. The average molecular weight is 405 g/mol. The quantitative estimate of drug-likeness (QED) is 0.346. The van der Waals surface area contributed by atoms with Crippen molar-refractivity contribution in [3.05, 3.63) is 28.3 Å². The van der Waals surface area contributed by atoms with Crippen LogP contribution in [0.4, 0.5) is 0 Å². The Morgan fingerprint density at radius 2 is 1.26 bits per heavy atom. The van der Waals surface area contributed by atoms with E-state index < -0.39 is 17.9 Å². The smallest absolute Gasteiger partial charge is 0.381 e. The van der Waals surface area contributed by atoms with Crippen molar-refractivity contribution in [2.45, 2.75) is 39.5 Å². The molecular weight excluding hydrogens is 384 g/mol. The predicted molar refractivity (Wildman–Crippen MR) is 97.6 cm³/mol. The fraction of sp³-hybridized carbons (Fsp3) is 0.300. The predicted octanol–water partition coefficient (Wildman–Crippen LogP) is 2.01. The van der Waals surface area contributed by atoms with Crippen molar-refractivity contribution in [3.63, 3.8) is 0 Å². The monoisotopic (exact) mass is 405 g/mol. The van der Waals surface area contributed by atoms with Gasteiger partial charge in [-0.05, 0) is 0 Å². The van der Waals surface area contributed by atoms with Gasteiger partial charge in [0.25, 0.3) is 0 Å². The molecule has 7 heteroatoms. The number of rotatable bonds is 0. The van der Waals surface area contributed by atoms with Crippen LogP contribution in [0.3, 0.4) is 0 Å². The summed E-state index contributed by atoms with van der Waals surface area (Å²) in [4.78, 5) is 27.4. The van der Waals surface area contributed by atoms with E-state index in [9.17, 15) is 0 Å². The second-order valence-corrected chi connectivity index (χ2v) is 5.01. The molecule has 0 saturated heterocycles. The van der Waals surface area contributed by atoms with Crippen molar-refractivity contribution < 1.29 is 51.4 Å². The maximum atomic E-state index is 9.13. The van der Waals surface area contributed by atoms with Gasteiger partial charge in [-0.3, -0.25) is 0 Å². The molecule has 3 N–H and O–H groups in total. The number of aryl methyl sites for hydroxylation is 2. The van der Waals surface area contributed by atoms with Crippen LogP contribution >= 0.6 is 0 Å². The number of aliphatic carboxylic acids is 3. The van der Waals surface area contributed by atoms with E-state index >= 15 is 0 Å². The van der Waals surface area contributed by atoms with Crippen LogP contribution in [0.15, 0.2) is 6.07 Å². The molecule has 2 rings (SSSR count). The van der Waals surface area contributed by atoms with E-state index in [-0.39, 0.29) is 21.7 Å². The second-order valence-electron chi connectivity index (χ2n) is 5.01. The Hall–Kier alpha value is -2.85. The maximum absolute atomic E-state index is 9.13. The van der Waals surface area contributed by atoms with Gasteiger partial charge in [0.2, 0.25) is 0 Å². The summed E-state index contributed by atoms with van der Waals surface area (Å²) in [6.07, 6.45) is 18.4. The Kier molecular flexibility index (Phi) is 17.8. The van der Waals surface area contributed by atoms with Gasteiger partial charge < -0.3 is 15.3 Å². The van der Waals surface area contributed by atoms with Crippen LogP contribution in [0.1, 0.15) is 35.1 Å². The van der Waals surface area contributed by atoms with E-state index in [2.05, 4.69) is 39.2 Å². The summed E-state index contributed by atoms with van der Waals surface area (Å²) in [5.74, 6) is 0.681. The van der Waals surface area contributed by atoms with Gasteiger partial charge >= 0.3 is 17.9 Å². The number of fused-ring (bicyclic) bond motifs is 1. The van der Waals surface area contributed by atoms with Crippen molar-refractivity contribution in [2.75, 3.05) is 0 Å². The summed E-state index contributed by atoms with van der Waals surface area (Å²) in [7, 11) is 0. The molecule has 6 nitrogen and oxygen atoms in total. The normalized spacial score (nSPS) is 9.74. The number of carbonyl (C=O) groups is 3. The minimum absolute atomic E-state index is 0. The second kappa shape index (κ2) is 16.6. The van der Waals surface area contributed by atoms with E-state index in [1.807, 2.05) is 0 Å². The standard InChI is InChI=1S/C11H15.3C3H2O2.Ti/c1-8-7-10-5-3-4-6-11(10)9(8)2;3*1-2-3(4)5;/h7H,3-6H2,1-2H3;3*1H,(H,4,5);/q-1;;;;. The third-order valence-electron chi connectivity index (χ3n) is 3.32. The summed E-state index contributed by atoms with van der Waals surface area (Å²) in [5, 5.41) is 22.5. The molecule has 1 aromatic rings. The van der Waals surface area contributed by atoms with Gasteiger partial charge in [0.1, 0.15) is 0 Å². The number of carboxylic acid groups (broad SMARTS) is 3. The molecule has 0 atom stereocenters. The van der Waals surface area contributed by atoms with Crippen LogP contribution in [0, 0.1) is 50.9 Å². The zero-order valence-corrected chi connectivity index (χ0v) is 16.8. The minimum Gasteiger partial charge on any atom is -0.472 e. The van der Waals surface area contributed by atoms with E-state index in [4.69, 9.17) is 29.7 Å². The van der Waals surface area contributed by atoms with Gasteiger partial charge in [-0.25, -0.2) is 20.4 Å². The van der Waals surface area contributed by atoms with Crippen LogP contribution in [0.5, 0.6) is 0 Å². The summed E-state index contributed by atoms with van der Waals surface area (Å²) in [6, 6.07) is 2.38. The van der Waals surface area contributed by atoms with E-state index in [0.29, 0.717) is 0 Å². The van der Waals surface area contributed by atoms with E-state index in [0.717, 1.165) is 0 Å². The molecule has 0 aromatic heterocycles. The first kappa shape index (κ1) is 28.9. The first-order chi connectivity index (χ1) is 12.1. The van der Waals surface area contributed by atoms with Gasteiger partial charge in [0, 0.05) is 39.5 Å². The number of hydrogen-bond donors (Lipinski definition) is 3. The Balaban J connectivity index is -0.000000311. The molecule has 0 aliphatic heterocycles. The molecule has 0 fully saturated rings. The van der Waals surface area contributed by atoms with Crippen molar-refractivity contribution >= 4 is 17.9 Å². The third-order valence-corrected chi connectivity index (χ3v) is 3.32. The molecule has 27 heavy (non-hydrogen) atoms. The first-order valence-corrected chi connectivity index (χ1v) is 7.43. The van der Waals surface area contributed by atoms with Crippen molar-refractivity contribution in [2.24, 2.45) is 0 Å². The van der Waals surface area contributed by atoms with Crippen LogP contribution in [-0.2, 0) is 48.9 Å². The summed E-state index contributed by atoms with van der Waals surface area (Å²) < 4.78 is 0. The molecule has 0 amide bonds. The summed E-state index contributed by atoms with van der Waals surface area (Å²) >= 11 is 0. The summed E-state index contributed by atoms with van der Waals surface area (Å²) in [5.41, 5.74) is 6.34. The number of terminal acetylenes is 3. The van der Waals surface area contributed by atoms with Crippen LogP contribution < -0.4 is 0 Å². The molecular formula is C20H21O6Ti-. The van der Waals surface area contributed by atoms with Crippen LogP contribution in [0.2, 0.25) is 0 Å². The van der Waals surface area contributed by atoms with E-state index in [1.54, 1.807) is 16.7 Å². The zero-order chi connectivity index (χ0) is 20.7. The molecule has 0 saturated carbocycles. The number of carboxylic acids is 3. The Morgan fingerprint density at radius 3 is 1.56 bits per heavy atom. The Bertz CT molecular complexity index is 696. The molecule has 1 aliphatic rings. The molecule has 0 heterocycles. The Labute approximate surface area is 174 Å². The van der Waals surface area contributed by atoms with Crippen molar-refractivity contribution in [1.29, 1.82) is 0 Å². The van der Waals surface area contributed by atoms with Crippen LogP contribution in [0.25, 0.3) is 0 Å². The van der Waals surface area contributed by atoms with Gasteiger partial charge in [-0.1, -0.05) is 39.5 Å². The zero-order valence-electron chi connectivity index (χ0n) is 15.2. The largest absolute Gasteiger partial charge is 0.472 e. The molecule has 1 aliphatic carbocycles. The minimum atomic E-state index is -1.22. The topological polar surface area (TPSA) is 112 Å². The fourth-order valence-corrected chi connectivity index (χ4v) is 2.12. The Morgan fingerprint density at radius 1 is 0.926 bits per heavy atom. The van der Waals surface area contributed by atoms with Gasteiger partial charge in [-0.15, -0.1) is 19.3 Å². The third kappa shape index (κ3) is 15.1. The molecule has 0 bridgehead atoms. The van der Waals surface area contributed by atoms with Crippen molar-refractivity contribution in [3.8, 4) is 37.0 Å². The van der Waals surface area contributed by atoms with Crippen molar-refractivity contribution in [1.82, 2.24) is 0 Å². The first-order valence-electron chi connectivity index (χ1n) is 7.43. The summed E-state index contributed by atoms with van der Waals surface area (Å²) in [6.45, 7) is 4.49. The molecule has 0 radical (unpaired) electrons. The van der Waals surface area contributed by atoms with E-state index in [1.165, 1.54) is 49.0 Å².